The molecule has 0 spiro atoms. The molecule has 0 saturated carbocycles. The molecule has 1 aromatic rings. The summed E-state index contributed by atoms with van der Waals surface area (Å²) in [6, 6.07) is 5.38. The highest BCUT2D eigenvalue weighted by molar-refractivity contribution is 5.58. The molecular weight excluding hydrogens is 191 g/mol. The Bertz CT molecular complexity index is 347. The molecule has 0 radical (unpaired) electrons. The van der Waals surface area contributed by atoms with Crippen LogP contribution in [0.25, 0.3) is 0 Å². The van der Waals surface area contributed by atoms with Gasteiger partial charge in [0.25, 0.3) is 0 Å². The highest BCUT2D eigenvalue weighted by Gasteiger charge is 2.24. The molecule has 0 fully saturated rings. The van der Waals surface area contributed by atoms with E-state index >= 15 is 0 Å². The van der Waals surface area contributed by atoms with E-state index in [1.165, 1.54) is 11.6 Å². The summed E-state index contributed by atoms with van der Waals surface area (Å²) in [5, 5.41) is 0. The Kier molecular flexibility index (Phi) is 2.91. The average Bonchev–Trinajstić information content (AvgIpc) is 2.64. The first kappa shape index (κ1) is 10.4. The predicted molar refractivity (Wildman–Crippen MR) is 60.6 cm³/mol. The Labute approximate surface area is 89.9 Å². The first-order valence-corrected chi connectivity index (χ1v) is 5.51. The normalized spacial score (nSPS) is 16.6. The zero-order chi connectivity index (χ0) is 10.8. The average molecular weight is 208 g/mol. The molecular formula is C12H17FN2. The van der Waals surface area contributed by atoms with Gasteiger partial charge in [-0.3, -0.25) is 0 Å². The predicted octanol–water partition coefficient (Wildman–Crippen LogP) is 1.93. The van der Waals surface area contributed by atoms with Gasteiger partial charge in [-0.15, -0.1) is 0 Å². The van der Waals surface area contributed by atoms with Gasteiger partial charge in [0.1, 0.15) is 5.82 Å². The van der Waals surface area contributed by atoms with Crippen LogP contribution in [-0.2, 0) is 6.42 Å². The quantitative estimate of drug-likeness (QED) is 0.822. The summed E-state index contributed by atoms with van der Waals surface area (Å²) >= 11 is 0. The number of benzene rings is 1. The van der Waals surface area contributed by atoms with Crippen LogP contribution in [0.15, 0.2) is 18.2 Å². The molecule has 1 atom stereocenters. The third-order valence-corrected chi connectivity index (χ3v) is 3.16. The summed E-state index contributed by atoms with van der Waals surface area (Å²) in [5.41, 5.74) is 8.00. The maximum absolute atomic E-state index is 13.1. The van der Waals surface area contributed by atoms with E-state index in [2.05, 4.69) is 11.8 Å². The Morgan fingerprint density at radius 3 is 3.00 bits per heavy atom. The van der Waals surface area contributed by atoms with Gasteiger partial charge in [0, 0.05) is 24.8 Å². The van der Waals surface area contributed by atoms with Crippen molar-refractivity contribution < 1.29 is 4.39 Å². The first-order chi connectivity index (χ1) is 7.26. The third kappa shape index (κ3) is 1.84. The van der Waals surface area contributed by atoms with Crippen LogP contribution in [0.2, 0.25) is 0 Å². The lowest BCUT2D eigenvalue weighted by molar-refractivity contribution is 0.592. The number of nitrogens with two attached hydrogens (primary N) is 1. The van der Waals surface area contributed by atoms with Crippen LogP contribution >= 0.6 is 0 Å². The summed E-state index contributed by atoms with van der Waals surface area (Å²) in [5.74, 6) is -0.160. The third-order valence-electron chi connectivity index (χ3n) is 3.16. The van der Waals surface area contributed by atoms with Crippen LogP contribution in [0.4, 0.5) is 10.1 Å². The fourth-order valence-electron chi connectivity index (χ4n) is 2.27. The van der Waals surface area contributed by atoms with Crippen LogP contribution in [0, 0.1) is 5.82 Å². The maximum Gasteiger partial charge on any atom is 0.125 e. The summed E-state index contributed by atoms with van der Waals surface area (Å²) in [4.78, 5) is 2.23. The summed E-state index contributed by atoms with van der Waals surface area (Å²) in [7, 11) is 0. The fraction of sp³-hybridized carbons (Fsp3) is 0.500. The van der Waals surface area contributed by atoms with Crippen molar-refractivity contribution in [1.82, 2.24) is 0 Å². The number of anilines is 1. The minimum atomic E-state index is -0.160. The standard InChI is InChI=1S/C12H17FN2/c1-2-11(8-14)15-6-5-9-3-4-10(13)7-12(9)15/h3-4,7,11H,2,5-6,8,14H2,1H3. The Balaban J connectivity index is 2.30. The monoisotopic (exact) mass is 208 g/mol. The van der Waals surface area contributed by atoms with E-state index in [0.29, 0.717) is 12.6 Å². The topological polar surface area (TPSA) is 29.3 Å². The number of fused-ring (bicyclic) bond motifs is 1. The first-order valence-electron chi connectivity index (χ1n) is 5.51. The second kappa shape index (κ2) is 4.19. The van der Waals surface area contributed by atoms with Crippen LogP contribution in [0.1, 0.15) is 18.9 Å². The van der Waals surface area contributed by atoms with Crippen LogP contribution in [0.3, 0.4) is 0 Å². The van der Waals surface area contributed by atoms with E-state index in [9.17, 15) is 4.39 Å². The molecule has 0 amide bonds. The minimum Gasteiger partial charge on any atom is -0.367 e. The molecule has 1 aliphatic heterocycles. The molecule has 1 heterocycles. The maximum atomic E-state index is 13.1. The molecule has 2 N–H and O–H groups in total. The molecule has 15 heavy (non-hydrogen) atoms. The highest BCUT2D eigenvalue weighted by Crippen LogP contribution is 2.30. The number of halogens is 1. The number of rotatable bonds is 3. The van der Waals surface area contributed by atoms with E-state index in [4.69, 9.17) is 5.73 Å². The number of hydrogen-bond acceptors (Lipinski definition) is 2. The zero-order valence-electron chi connectivity index (χ0n) is 9.04. The van der Waals surface area contributed by atoms with E-state index < -0.39 is 0 Å². The van der Waals surface area contributed by atoms with Crippen molar-refractivity contribution in [1.29, 1.82) is 0 Å². The van der Waals surface area contributed by atoms with Gasteiger partial charge in [-0.05, 0) is 30.5 Å². The molecule has 2 nitrogen and oxygen atoms in total. The van der Waals surface area contributed by atoms with Crippen molar-refractivity contribution in [3.05, 3.63) is 29.6 Å². The smallest absolute Gasteiger partial charge is 0.125 e. The molecule has 1 aromatic carbocycles. The van der Waals surface area contributed by atoms with Crippen molar-refractivity contribution in [3.8, 4) is 0 Å². The highest BCUT2D eigenvalue weighted by atomic mass is 19.1. The molecule has 1 aliphatic rings. The van der Waals surface area contributed by atoms with Gasteiger partial charge in [0.2, 0.25) is 0 Å². The number of hydrogen-bond donors (Lipinski definition) is 1. The number of nitrogens with zero attached hydrogens (tertiary/aromatic N) is 1. The van der Waals surface area contributed by atoms with Crippen molar-refractivity contribution in [2.45, 2.75) is 25.8 Å². The van der Waals surface area contributed by atoms with E-state index in [1.807, 2.05) is 6.07 Å². The van der Waals surface area contributed by atoms with E-state index in [-0.39, 0.29) is 5.82 Å². The van der Waals surface area contributed by atoms with Crippen LogP contribution in [0.5, 0.6) is 0 Å². The molecule has 1 unspecified atom stereocenters. The van der Waals surface area contributed by atoms with Gasteiger partial charge < -0.3 is 10.6 Å². The fourth-order valence-corrected chi connectivity index (χ4v) is 2.27. The van der Waals surface area contributed by atoms with Crippen LogP contribution < -0.4 is 10.6 Å². The molecule has 82 valence electrons. The van der Waals surface area contributed by atoms with Gasteiger partial charge in [-0.1, -0.05) is 13.0 Å². The minimum absolute atomic E-state index is 0.160. The molecule has 3 heteroatoms. The SMILES string of the molecule is CCC(CN)N1CCc2ccc(F)cc21. The van der Waals surface area contributed by atoms with Crippen molar-refractivity contribution in [2.75, 3.05) is 18.0 Å². The molecule has 0 saturated heterocycles. The van der Waals surface area contributed by atoms with E-state index in [1.54, 1.807) is 6.07 Å². The van der Waals surface area contributed by atoms with Gasteiger partial charge in [-0.25, -0.2) is 4.39 Å². The van der Waals surface area contributed by atoms with Gasteiger partial charge >= 0.3 is 0 Å². The van der Waals surface area contributed by atoms with Crippen molar-refractivity contribution in [3.63, 3.8) is 0 Å². The molecule has 0 aliphatic carbocycles. The summed E-state index contributed by atoms with van der Waals surface area (Å²) in [6.45, 7) is 3.72. The zero-order valence-corrected chi connectivity index (χ0v) is 9.04. The second-order valence-corrected chi connectivity index (χ2v) is 4.01. The van der Waals surface area contributed by atoms with Crippen LogP contribution in [-0.4, -0.2) is 19.1 Å². The molecule has 0 bridgehead atoms. The van der Waals surface area contributed by atoms with Gasteiger partial charge in [0.15, 0.2) is 0 Å². The summed E-state index contributed by atoms with van der Waals surface area (Å²) in [6.07, 6.45) is 2.01. The Morgan fingerprint density at radius 2 is 2.33 bits per heavy atom. The largest absolute Gasteiger partial charge is 0.367 e. The molecule has 2 rings (SSSR count). The van der Waals surface area contributed by atoms with Gasteiger partial charge in [0.05, 0.1) is 0 Å². The Morgan fingerprint density at radius 1 is 1.53 bits per heavy atom. The lowest BCUT2D eigenvalue weighted by atomic mass is 10.1. The van der Waals surface area contributed by atoms with E-state index in [0.717, 1.165) is 25.1 Å². The van der Waals surface area contributed by atoms with Crippen molar-refractivity contribution >= 4 is 5.69 Å². The van der Waals surface area contributed by atoms with Crippen molar-refractivity contribution in [2.24, 2.45) is 5.73 Å². The Hall–Kier alpha value is -1.09. The molecule has 0 aromatic heterocycles. The van der Waals surface area contributed by atoms with Gasteiger partial charge in [-0.2, -0.15) is 0 Å². The summed E-state index contributed by atoms with van der Waals surface area (Å²) < 4.78 is 13.1. The second-order valence-electron chi connectivity index (χ2n) is 4.01. The lowest BCUT2D eigenvalue weighted by Gasteiger charge is -2.28. The lowest BCUT2D eigenvalue weighted by Crippen LogP contribution is -2.39.